The van der Waals surface area contributed by atoms with E-state index in [-0.39, 0.29) is 23.9 Å². The van der Waals surface area contributed by atoms with E-state index in [1.807, 2.05) is 7.05 Å². The third kappa shape index (κ3) is 6.17. The summed E-state index contributed by atoms with van der Waals surface area (Å²) in [4.78, 5) is 14.3. The molecule has 1 aliphatic rings. The van der Waals surface area contributed by atoms with Gasteiger partial charge in [0.1, 0.15) is 0 Å². The Balaban J connectivity index is 0.00000338. The first-order chi connectivity index (χ1) is 11.8. The highest BCUT2D eigenvalue weighted by atomic mass is 35.5. The lowest BCUT2D eigenvalue weighted by molar-refractivity contribution is 0.0687. The molecule has 1 amide bonds. The van der Waals surface area contributed by atoms with Gasteiger partial charge >= 0.3 is 5.76 Å². The summed E-state index contributed by atoms with van der Waals surface area (Å²) in [6.45, 7) is 2.38. The topological polar surface area (TPSA) is 66.5 Å². The number of hydrogen-bond donors (Lipinski definition) is 1. The Morgan fingerprint density at radius 3 is 2.31 bits per heavy atom. The van der Waals surface area contributed by atoms with Crippen LogP contribution in [-0.4, -0.2) is 51.7 Å². The summed E-state index contributed by atoms with van der Waals surface area (Å²) in [5, 5.41) is 3.13. The highest BCUT2D eigenvalue weighted by Crippen LogP contribution is 2.22. The van der Waals surface area contributed by atoms with Crippen molar-refractivity contribution in [1.82, 2.24) is 10.2 Å². The number of piperidine rings is 1. The minimum Gasteiger partial charge on any atom is -0.339 e. The molecule has 5 nitrogen and oxygen atoms in total. The van der Waals surface area contributed by atoms with Crippen LogP contribution in [0.5, 0.6) is 0 Å². The largest absolute Gasteiger partial charge is 0.339 e. The number of likely N-dealkylation sites (tertiary alicyclic amines) is 1. The van der Waals surface area contributed by atoms with E-state index in [0.29, 0.717) is 24.6 Å². The second kappa shape index (κ2) is 10.2. The van der Waals surface area contributed by atoms with Gasteiger partial charge in [0.2, 0.25) is 9.84 Å². The maximum absolute atomic E-state index is 12.5. The third-order valence-electron chi connectivity index (χ3n) is 4.54. The van der Waals surface area contributed by atoms with Gasteiger partial charge in [0, 0.05) is 18.7 Å². The first kappa shape index (κ1) is 22.8. The van der Waals surface area contributed by atoms with E-state index in [2.05, 4.69) is 5.32 Å². The molecule has 1 heterocycles. The monoisotopic (exact) mass is 410 g/mol. The van der Waals surface area contributed by atoms with Gasteiger partial charge in [-0.1, -0.05) is 12.1 Å². The van der Waals surface area contributed by atoms with Gasteiger partial charge in [-0.25, -0.2) is 8.42 Å². The Labute approximate surface area is 159 Å². The number of carbonyl (C=O) groups is 1. The molecule has 1 N–H and O–H groups in total. The van der Waals surface area contributed by atoms with Crippen LogP contribution >= 0.6 is 12.4 Å². The SMILES string of the molecule is CNCCC1CCN(C(=O)c2ccc(CS(=O)(=O)C(F)F)cc2)CC1.Cl. The number of nitrogens with zero attached hydrogens (tertiary/aromatic N) is 1. The molecule has 148 valence electrons. The van der Waals surface area contributed by atoms with Crippen LogP contribution in [0, 0.1) is 5.92 Å². The van der Waals surface area contributed by atoms with Gasteiger partial charge in [-0.3, -0.25) is 4.79 Å². The molecule has 0 atom stereocenters. The zero-order valence-corrected chi connectivity index (χ0v) is 16.3. The fraction of sp³-hybridized carbons (Fsp3) is 0.588. The molecule has 1 saturated heterocycles. The Morgan fingerprint density at radius 1 is 1.23 bits per heavy atom. The average molecular weight is 411 g/mol. The first-order valence-corrected chi connectivity index (χ1v) is 10.1. The lowest BCUT2D eigenvalue weighted by Crippen LogP contribution is -2.38. The number of carbonyl (C=O) groups excluding carboxylic acids is 1. The summed E-state index contributed by atoms with van der Waals surface area (Å²) < 4.78 is 47.3. The fourth-order valence-electron chi connectivity index (χ4n) is 2.99. The molecule has 1 aliphatic heterocycles. The van der Waals surface area contributed by atoms with Gasteiger partial charge in [0.25, 0.3) is 5.91 Å². The van der Waals surface area contributed by atoms with E-state index < -0.39 is 21.3 Å². The highest BCUT2D eigenvalue weighted by molar-refractivity contribution is 7.90. The summed E-state index contributed by atoms with van der Waals surface area (Å²) in [7, 11) is -2.53. The van der Waals surface area contributed by atoms with Gasteiger partial charge in [-0.15, -0.1) is 12.4 Å². The molecule has 0 bridgehead atoms. The Kier molecular flexibility index (Phi) is 8.92. The second-order valence-electron chi connectivity index (χ2n) is 6.39. The van der Waals surface area contributed by atoms with Crippen LogP contribution in [0.2, 0.25) is 0 Å². The molecule has 1 fully saturated rings. The van der Waals surface area contributed by atoms with Crippen LogP contribution in [0.25, 0.3) is 0 Å². The maximum Gasteiger partial charge on any atom is 0.337 e. The molecule has 26 heavy (non-hydrogen) atoms. The van der Waals surface area contributed by atoms with E-state index in [1.54, 1.807) is 4.90 Å². The molecular formula is C17H25ClF2N2O3S. The maximum atomic E-state index is 12.5. The molecular weight excluding hydrogens is 386 g/mol. The molecule has 0 aliphatic carbocycles. The summed E-state index contributed by atoms with van der Waals surface area (Å²) in [5.74, 6) is -3.59. The van der Waals surface area contributed by atoms with Crippen molar-refractivity contribution in [2.45, 2.75) is 30.8 Å². The van der Waals surface area contributed by atoms with Crippen molar-refractivity contribution in [3.05, 3.63) is 35.4 Å². The molecule has 0 radical (unpaired) electrons. The number of halogens is 3. The van der Waals surface area contributed by atoms with Crippen molar-refractivity contribution in [2.75, 3.05) is 26.7 Å². The average Bonchev–Trinajstić information content (AvgIpc) is 2.60. The lowest BCUT2D eigenvalue weighted by atomic mass is 9.93. The predicted molar refractivity (Wildman–Crippen MR) is 99.5 cm³/mol. The molecule has 9 heteroatoms. The van der Waals surface area contributed by atoms with Crippen molar-refractivity contribution in [3.63, 3.8) is 0 Å². The molecule has 0 spiro atoms. The van der Waals surface area contributed by atoms with Gasteiger partial charge in [-0.2, -0.15) is 8.78 Å². The summed E-state index contributed by atoms with van der Waals surface area (Å²) >= 11 is 0. The minimum atomic E-state index is -4.45. The number of benzene rings is 1. The molecule has 0 saturated carbocycles. The lowest BCUT2D eigenvalue weighted by Gasteiger charge is -2.32. The van der Waals surface area contributed by atoms with Crippen LogP contribution in [0.4, 0.5) is 8.78 Å². The highest BCUT2D eigenvalue weighted by Gasteiger charge is 2.25. The Bertz CT molecular complexity index is 676. The van der Waals surface area contributed by atoms with Crippen LogP contribution in [0.1, 0.15) is 35.2 Å². The standard InChI is InChI=1S/C17H24F2N2O3S.ClH/c1-20-9-6-13-7-10-21(11-8-13)16(22)15-4-2-14(3-5-15)12-25(23,24)17(18)19;/h2-5,13,17,20H,6-12H2,1H3;1H. The van der Waals surface area contributed by atoms with E-state index in [1.165, 1.54) is 24.3 Å². The zero-order valence-electron chi connectivity index (χ0n) is 14.7. The summed E-state index contributed by atoms with van der Waals surface area (Å²) in [6.07, 6.45) is 3.04. The quantitative estimate of drug-likeness (QED) is 0.750. The van der Waals surface area contributed by atoms with Crippen molar-refractivity contribution < 1.29 is 22.0 Å². The summed E-state index contributed by atoms with van der Waals surface area (Å²) in [5.41, 5.74) is 0.703. The Hall–Kier alpha value is -1.25. The summed E-state index contributed by atoms with van der Waals surface area (Å²) in [6, 6.07) is 5.86. The number of alkyl halides is 2. The van der Waals surface area contributed by atoms with Crippen molar-refractivity contribution in [3.8, 4) is 0 Å². The molecule has 2 rings (SSSR count). The van der Waals surface area contributed by atoms with E-state index in [0.717, 1.165) is 25.8 Å². The van der Waals surface area contributed by atoms with Gasteiger partial charge in [-0.05, 0) is 56.5 Å². The molecule has 1 aromatic rings. The molecule has 0 aromatic heterocycles. The van der Waals surface area contributed by atoms with Crippen molar-refractivity contribution in [2.24, 2.45) is 5.92 Å². The van der Waals surface area contributed by atoms with Gasteiger partial charge in [0.05, 0.1) is 5.75 Å². The van der Waals surface area contributed by atoms with Crippen LogP contribution in [-0.2, 0) is 15.6 Å². The Morgan fingerprint density at radius 2 is 1.81 bits per heavy atom. The second-order valence-corrected chi connectivity index (χ2v) is 8.36. The zero-order chi connectivity index (χ0) is 18.4. The fourth-order valence-corrected chi connectivity index (χ4v) is 3.78. The number of hydrogen-bond acceptors (Lipinski definition) is 4. The van der Waals surface area contributed by atoms with Crippen LogP contribution < -0.4 is 5.32 Å². The minimum absolute atomic E-state index is 0. The number of sulfone groups is 1. The van der Waals surface area contributed by atoms with Crippen molar-refractivity contribution >= 4 is 28.2 Å². The van der Waals surface area contributed by atoms with Crippen LogP contribution in [0.15, 0.2) is 24.3 Å². The van der Waals surface area contributed by atoms with Crippen molar-refractivity contribution in [1.29, 1.82) is 0 Å². The molecule has 0 unspecified atom stereocenters. The predicted octanol–water partition coefficient (Wildman–Crippen LogP) is 2.71. The van der Waals surface area contributed by atoms with Gasteiger partial charge in [0.15, 0.2) is 0 Å². The number of nitrogens with one attached hydrogen (secondary N) is 1. The van der Waals surface area contributed by atoms with E-state index in [9.17, 15) is 22.0 Å². The van der Waals surface area contributed by atoms with E-state index >= 15 is 0 Å². The number of amides is 1. The smallest absolute Gasteiger partial charge is 0.337 e. The molecule has 1 aromatic carbocycles. The van der Waals surface area contributed by atoms with E-state index in [4.69, 9.17) is 0 Å². The third-order valence-corrected chi connectivity index (χ3v) is 5.82. The normalized spacial score (nSPS) is 15.8. The number of rotatable bonds is 7. The first-order valence-electron chi connectivity index (χ1n) is 8.36. The van der Waals surface area contributed by atoms with Gasteiger partial charge < -0.3 is 10.2 Å². The van der Waals surface area contributed by atoms with Crippen LogP contribution in [0.3, 0.4) is 0 Å².